The van der Waals surface area contributed by atoms with E-state index in [4.69, 9.17) is 0 Å². The average Bonchev–Trinajstić information content (AvgIpc) is 2.83. The molecule has 0 spiro atoms. The van der Waals surface area contributed by atoms with E-state index in [-0.39, 0.29) is 22.7 Å². The van der Waals surface area contributed by atoms with E-state index in [0.29, 0.717) is 31.6 Å². The lowest BCUT2D eigenvalue weighted by Gasteiger charge is -2.50. The number of rotatable bonds is 15. The second-order valence-electron chi connectivity index (χ2n) is 13.7. The molecular weight excluding hydrogens is 513 g/mol. The monoisotopic (exact) mass is 572 g/mol. The van der Waals surface area contributed by atoms with Gasteiger partial charge in [0.2, 0.25) is 0 Å². The molecule has 3 nitrogen and oxygen atoms in total. The van der Waals surface area contributed by atoms with Crippen molar-refractivity contribution in [3.63, 3.8) is 0 Å². The Labute approximate surface area is 243 Å². The van der Waals surface area contributed by atoms with Crippen molar-refractivity contribution in [2.45, 2.75) is 151 Å². The zero-order chi connectivity index (χ0) is 30.9. The second kappa shape index (κ2) is 15.4. The van der Waals surface area contributed by atoms with E-state index in [2.05, 4.69) is 67.5 Å². The Balaban J connectivity index is 3.26. The first-order valence-electron chi connectivity index (χ1n) is 15.5. The van der Waals surface area contributed by atoms with Crippen LogP contribution in [0.3, 0.4) is 0 Å². The van der Waals surface area contributed by atoms with Crippen molar-refractivity contribution < 1.29 is 28.5 Å². The molecular formula is C34H59F3O3. The molecule has 6 heteroatoms. The third-order valence-corrected chi connectivity index (χ3v) is 10.2. The fourth-order valence-electron chi connectivity index (χ4n) is 6.61. The summed E-state index contributed by atoms with van der Waals surface area (Å²) in [5.74, 6) is 1.04. The first kappa shape index (κ1) is 36.9. The van der Waals surface area contributed by atoms with E-state index in [1.165, 1.54) is 5.57 Å². The first-order valence-corrected chi connectivity index (χ1v) is 15.5. The molecule has 1 saturated carbocycles. The predicted molar refractivity (Wildman–Crippen MR) is 161 cm³/mol. The minimum absolute atomic E-state index is 0.0841. The smallest absolute Gasteiger partial charge is 0.393 e. The van der Waals surface area contributed by atoms with Crippen LogP contribution in [0, 0.1) is 28.6 Å². The lowest BCUT2D eigenvalue weighted by molar-refractivity contribution is -0.232. The van der Waals surface area contributed by atoms with Gasteiger partial charge < -0.3 is 15.3 Å². The number of halogens is 3. The molecule has 1 rings (SSSR count). The summed E-state index contributed by atoms with van der Waals surface area (Å²) >= 11 is 0. The van der Waals surface area contributed by atoms with Gasteiger partial charge in [0.05, 0.1) is 12.2 Å². The Bertz CT molecular complexity index is 845. The van der Waals surface area contributed by atoms with Crippen molar-refractivity contribution in [3.8, 4) is 0 Å². The van der Waals surface area contributed by atoms with E-state index >= 15 is 0 Å². The van der Waals surface area contributed by atoms with Gasteiger partial charge in [-0.3, -0.25) is 0 Å². The standard InChI is InChI=1S/C34H59F3O3/c1-10-28(17-12-16-27-21-29(38)23-30(39)22-27)25(5)32(8,11-2)26(6)31(7,18-13-15-24(3)4)19-14-20-33(9,40)34(35,36)37/h14,16-17,20,24-26,29-30,38-40H,10-13,15,18-19,21-23H2,1-9H3/b20-14+,27-16?,28-17+/t25?,26-,29-,30?,31+,32?,33?/m1/s1. The Kier molecular flexibility index (Phi) is 14.2. The van der Waals surface area contributed by atoms with Gasteiger partial charge in [0.25, 0.3) is 0 Å². The zero-order valence-electron chi connectivity index (χ0n) is 26.7. The number of allylic oxidation sites excluding steroid dienone is 4. The van der Waals surface area contributed by atoms with Gasteiger partial charge >= 0.3 is 6.18 Å². The normalized spacial score (nSPS) is 26.5. The van der Waals surface area contributed by atoms with E-state index in [1.54, 1.807) is 6.08 Å². The molecule has 4 unspecified atom stereocenters. The van der Waals surface area contributed by atoms with Crippen molar-refractivity contribution in [1.82, 2.24) is 0 Å². The van der Waals surface area contributed by atoms with Gasteiger partial charge in [0.15, 0.2) is 5.60 Å². The summed E-state index contributed by atoms with van der Waals surface area (Å²) in [6, 6.07) is 0. The third kappa shape index (κ3) is 10.3. The van der Waals surface area contributed by atoms with Crippen molar-refractivity contribution in [1.29, 1.82) is 0 Å². The van der Waals surface area contributed by atoms with Crippen LogP contribution in [0.25, 0.3) is 0 Å². The maximum Gasteiger partial charge on any atom is 0.420 e. The summed E-state index contributed by atoms with van der Waals surface area (Å²) in [6.07, 6.45) is 9.02. The van der Waals surface area contributed by atoms with Gasteiger partial charge in [-0.25, -0.2) is 0 Å². The van der Waals surface area contributed by atoms with Gasteiger partial charge in [-0.1, -0.05) is 97.6 Å². The quantitative estimate of drug-likeness (QED) is 0.171. The van der Waals surface area contributed by atoms with Crippen molar-refractivity contribution in [2.75, 3.05) is 0 Å². The number of hydrogen-bond acceptors (Lipinski definition) is 3. The van der Waals surface area contributed by atoms with Gasteiger partial charge in [0.1, 0.15) is 0 Å². The lowest BCUT2D eigenvalue weighted by Crippen LogP contribution is -2.42. The SMILES string of the molecule is CC/C(=C\CC=C1CC(O)C[C@H](O)C1)C(C)C(C)(CC)[C@H](C)[C@](C)(C/C=C/C(C)(O)C(F)(F)F)CCCC(C)C. The molecule has 40 heavy (non-hydrogen) atoms. The van der Waals surface area contributed by atoms with E-state index in [0.717, 1.165) is 57.1 Å². The van der Waals surface area contributed by atoms with Crippen LogP contribution in [0.1, 0.15) is 127 Å². The molecule has 234 valence electrons. The lowest BCUT2D eigenvalue weighted by atomic mass is 9.55. The highest BCUT2D eigenvalue weighted by Gasteiger charge is 2.48. The van der Waals surface area contributed by atoms with Crippen molar-refractivity contribution >= 4 is 0 Å². The molecule has 1 aliphatic rings. The van der Waals surface area contributed by atoms with E-state index in [9.17, 15) is 28.5 Å². The summed E-state index contributed by atoms with van der Waals surface area (Å²) in [5, 5.41) is 30.0. The first-order chi connectivity index (χ1) is 18.3. The third-order valence-electron chi connectivity index (χ3n) is 10.2. The van der Waals surface area contributed by atoms with Gasteiger partial charge in [-0.15, -0.1) is 0 Å². The minimum atomic E-state index is -4.71. The van der Waals surface area contributed by atoms with Crippen LogP contribution in [0.2, 0.25) is 0 Å². The summed E-state index contributed by atoms with van der Waals surface area (Å²) in [4.78, 5) is 0. The van der Waals surface area contributed by atoms with Gasteiger partial charge in [0, 0.05) is 0 Å². The summed E-state index contributed by atoms with van der Waals surface area (Å²) in [5.41, 5.74) is -0.685. The zero-order valence-corrected chi connectivity index (χ0v) is 26.7. The van der Waals surface area contributed by atoms with Gasteiger partial charge in [-0.05, 0) is 93.0 Å². The fraction of sp³-hybridized carbons (Fsp3) is 0.824. The topological polar surface area (TPSA) is 60.7 Å². The van der Waals surface area contributed by atoms with Crippen LogP contribution in [-0.4, -0.2) is 39.3 Å². The predicted octanol–water partition coefficient (Wildman–Crippen LogP) is 9.33. The largest absolute Gasteiger partial charge is 0.420 e. The molecule has 0 aromatic rings. The molecule has 0 heterocycles. The molecule has 0 saturated heterocycles. The number of hydrogen-bond donors (Lipinski definition) is 3. The summed E-state index contributed by atoms with van der Waals surface area (Å²) in [6.45, 7) is 18.7. The Morgan fingerprint density at radius 2 is 1.57 bits per heavy atom. The van der Waals surface area contributed by atoms with Crippen molar-refractivity contribution in [3.05, 3.63) is 35.5 Å². The molecule has 7 atom stereocenters. The van der Waals surface area contributed by atoms with E-state index < -0.39 is 24.0 Å². The summed E-state index contributed by atoms with van der Waals surface area (Å²) in [7, 11) is 0. The maximum absolute atomic E-state index is 13.3. The Hall–Kier alpha value is -1.11. The van der Waals surface area contributed by atoms with Crippen molar-refractivity contribution in [2.24, 2.45) is 28.6 Å². The molecule has 3 N–H and O–H groups in total. The molecule has 0 aromatic carbocycles. The fourth-order valence-corrected chi connectivity index (χ4v) is 6.61. The number of aliphatic hydroxyl groups is 3. The highest BCUT2D eigenvalue weighted by molar-refractivity contribution is 5.16. The van der Waals surface area contributed by atoms with Crippen LogP contribution in [0.5, 0.6) is 0 Å². The van der Waals surface area contributed by atoms with Crippen LogP contribution < -0.4 is 0 Å². The average molecular weight is 573 g/mol. The highest BCUT2D eigenvalue weighted by atomic mass is 19.4. The molecule has 0 aromatic heterocycles. The summed E-state index contributed by atoms with van der Waals surface area (Å²) < 4.78 is 39.9. The Morgan fingerprint density at radius 1 is 1.00 bits per heavy atom. The second-order valence-corrected chi connectivity index (χ2v) is 13.7. The van der Waals surface area contributed by atoms with Crippen LogP contribution >= 0.6 is 0 Å². The van der Waals surface area contributed by atoms with Crippen LogP contribution in [0.4, 0.5) is 13.2 Å². The van der Waals surface area contributed by atoms with Crippen LogP contribution in [-0.2, 0) is 0 Å². The highest BCUT2D eigenvalue weighted by Crippen LogP contribution is 2.53. The van der Waals surface area contributed by atoms with Gasteiger partial charge in [-0.2, -0.15) is 13.2 Å². The molecule has 0 bridgehead atoms. The minimum Gasteiger partial charge on any atom is -0.393 e. The maximum atomic E-state index is 13.3. The van der Waals surface area contributed by atoms with E-state index in [1.807, 2.05) is 0 Å². The Morgan fingerprint density at radius 3 is 2.05 bits per heavy atom. The number of aliphatic hydroxyl groups excluding tert-OH is 2. The molecule has 0 amide bonds. The molecule has 0 radical (unpaired) electrons. The molecule has 1 aliphatic carbocycles. The molecule has 1 fully saturated rings. The van der Waals surface area contributed by atoms with Crippen LogP contribution in [0.15, 0.2) is 35.5 Å². The molecule has 0 aliphatic heterocycles. The number of alkyl halides is 3.